The van der Waals surface area contributed by atoms with E-state index in [0.29, 0.717) is 24.2 Å². The van der Waals surface area contributed by atoms with Gasteiger partial charge in [-0.2, -0.15) is 0 Å². The van der Waals surface area contributed by atoms with Crippen molar-refractivity contribution in [3.05, 3.63) is 29.8 Å². The zero-order valence-corrected chi connectivity index (χ0v) is 15.6. The van der Waals surface area contributed by atoms with E-state index in [1.165, 1.54) is 12.8 Å². The van der Waals surface area contributed by atoms with Gasteiger partial charge >= 0.3 is 0 Å². The number of benzene rings is 1. The number of hydrogen-bond donors (Lipinski definition) is 2. The molecule has 1 aromatic rings. The van der Waals surface area contributed by atoms with Crippen LogP contribution < -0.4 is 10.2 Å². The first kappa shape index (κ1) is 16.6. The molecule has 1 aromatic carbocycles. The van der Waals surface area contributed by atoms with Crippen molar-refractivity contribution < 1.29 is 14.6 Å². The number of hydrogen-bond acceptors (Lipinski definition) is 4. The average Bonchev–Trinajstić information content (AvgIpc) is 2.59. The molecule has 5 aliphatic rings. The molecule has 6 rings (SSSR count). The molecular formula is C21H28N2O3. The van der Waals surface area contributed by atoms with Crippen LogP contribution in [-0.2, 0) is 11.2 Å². The second kappa shape index (κ2) is 5.46. The van der Waals surface area contributed by atoms with E-state index < -0.39 is 11.1 Å². The molecule has 5 heteroatoms. The summed E-state index contributed by atoms with van der Waals surface area (Å²) in [6, 6.07) is 8.21. The molecule has 4 saturated carbocycles. The van der Waals surface area contributed by atoms with Crippen molar-refractivity contribution in [2.24, 2.45) is 17.8 Å². The van der Waals surface area contributed by atoms with Crippen LogP contribution in [0.3, 0.4) is 0 Å². The standard InChI is InChI=1S/C21H28N2O3/c1-20(9-13-3-5-17(26-2)6-4-13)19(24)23(22-20)18-15-7-14-8-16(18)12-21(25,10-14)11-15/h3-6,14-16,18,22,25H,7-12H2,1-2H3. The largest absolute Gasteiger partial charge is 0.497 e. The molecule has 2 N–H and O–H groups in total. The smallest absolute Gasteiger partial charge is 0.259 e. The fourth-order valence-corrected chi connectivity index (χ4v) is 6.43. The Labute approximate surface area is 154 Å². The highest BCUT2D eigenvalue weighted by Gasteiger charge is 2.61. The minimum absolute atomic E-state index is 0.206. The molecule has 4 aliphatic carbocycles. The van der Waals surface area contributed by atoms with Crippen molar-refractivity contribution in [1.82, 2.24) is 10.4 Å². The van der Waals surface area contributed by atoms with Crippen molar-refractivity contribution >= 4 is 5.91 Å². The van der Waals surface area contributed by atoms with Crippen molar-refractivity contribution in [3.8, 4) is 5.75 Å². The molecule has 3 atom stereocenters. The number of nitrogens with one attached hydrogen (secondary N) is 1. The van der Waals surface area contributed by atoms with E-state index in [-0.39, 0.29) is 11.9 Å². The minimum atomic E-state index is -0.528. The number of methoxy groups -OCH3 is 1. The molecule has 0 spiro atoms. The van der Waals surface area contributed by atoms with Crippen LogP contribution in [0, 0.1) is 17.8 Å². The van der Waals surface area contributed by atoms with Gasteiger partial charge in [0.05, 0.1) is 18.8 Å². The first-order chi connectivity index (χ1) is 12.4. The van der Waals surface area contributed by atoms with Crippen LogP contribution in [0.5, 0.6) is 5.75 Å². The number of hydrazine groups is 1. The minimum Gasteiger partial charge on any atom is -0.497 e. The summed E-state index contributed by atoms with van der Waals surface area (Å²) in [4.78, 5) is 13.1. The third-order valence-corrected chi connectivity index (χ3v) is 7.26. The molecule has 1 saturated heterocycles. The Balaban J connectivity index is 1.29. The van der Waals surface area contributed by atoms with Crippen molar-refractivity contribution in [2.45, 2.75) is 62.6 Å². The van der Waals surface area contributed by atoms with Gasteiger partial charge in [0.2, 0.25) is 0 Å². The predicted molar refractivity (Wildman–Crippen MR) is 97.4 cm³/mol. The lowest BCUT2D eigenvalue weighted by Crippen LogP contribution is -2.80. The Morgan fingerprint density at radius 2 is 1.85 bits per heavy atom. The molecule has 1 amide bonds. The van der Waals surface area contributed by atoms with Gasteiger partial charge in [-0.15, -0.1) is 0 Å². The van der Waals surface area contributed by atoms with E-state index in [1.54, 1.807) is 7.11 Å². The summed E-state index contributed by atoms with van der Waals surface area (Å²) in [6.07, 6.45) is 5.73. The summed E-state index contributed by atoms with van der Waals surface area (Å²) in [5, 5.41) is 12.7. The van der Waals surface area contributed by atoms with Crippen LogP contribution in [0.4, 0.5) is 0 Å². The maximum atomic E-state index is 13.1. The molecular weight excluding hydrogens is 328 g/mol. The molecule has 4 bridgehead atoms. The fraction of sp³-hybridized carbons (Fsp3) is 0.667. The Morgan fingerprint density at radius 3 is 2.38 bits per heavy atom. The average molecular weight is 356 g/mol. The molecule has 0 radical (unpaired) electrons. The van der Waals surface area contributed by atoms with Crippen molar-refractivity contribution in [3.63, 3.8) is 0 Å². The van der Waals surface area contributed by atoms with Gasteiger partial charge in [0.25, 0.3) is 5.91 Å². The van der Waals surface area contributed by atoms with E-state index in [2.05, 4.69) is 5.43 Å². The molecule has 1 aliphatic heterocycles. The monoisotopic (exact) mass is 356 g/mol. The summed E-state index contributed by atoms with van der Waals surface area (Å²) in [5.74, 6) is 2.61. The quantitative estimate of drug-likeness (QED) is 0.869. The number of amides is 1. The number of rotatable bonds is 4. The van der Waals surface area contributed by atoms with Gasteiger partial charge in [0.15, 0.2) is 0 Å². The van der Waals surface area contributed by atoms with Gasteiger partial charge in [0.1, 0.15) is 11.3 Å². The van der Waals surface area contributed by atoms with Crippen LogP contribution >= 0.6 is 0 Å². The third-order valence-electron chi connectivity index (χ3n) is 7.26. The second-order valence-corrected chi connectivity index (χ2v) is 9.33. The van der Waals surface area contributed by atoms with Gasteiger partial charge < -0.3 is 9.84 Å². The van der Waals surface area contributed by atoms with Gasteiger partial charge in [-0.25, -0.2) is 5.43 Å². The maximum absolute atomic E-state index is 13.1. The van der Waals surface area contributed by atoms with E-state index >= 15 is 0 Å². The van der Waals surface area contributed by atoms with E-state index in [1.807, 2.05) is 36.2 Å². The number of nitrogens with zero attached hydrogens (tertiary/aromatic N) is 1. The number of ether oxygens (including phenoxy) is 1. The third kappa shape index (κ3) is 2.40. The lowest BCUT2D eigenvalue weighted by atomic mass is 9.52. The zero-order valence-electron chi connectivity index (χ0n) is 15.6. The highest BCUT2D eigenvalue weighted by Crippen LogP contribution is 2.57. The number of aliphatic hydroxyl groups is 1. The normalized spacial score (nSPS) is 43.5. The molecule has 3 unspecified atom stereocenters. The highest BCUT2D eigenvalue weighted by molar-refractivity contribution is 5.91. The number of carbonyl (C=O) groups is 1. The first-order valence-electron chi connectivity index (χ1n) is 9.86. The van der Waals surface area contributed by atoms with Gasteiger partial charge in [0, 0.05) is 6.42 Å². The van der Waals surface area contributed by atoms with Gasteiger partial charge in [-0.05, 0) is 74.5 Å². The number of carbonyl (C=O) groups excluding carboxylic acids is 1. The molecule has 5 fully saturated rings. The molecule has 0 aromatic heterocycles. The first-order valence-corrected chi connectivity index (χ1v) is 9.86. The molecule has 26 heavy (non-hydrogen) atoms. The Hall–Kier alpha value is -1.59. The maximum Gasteiger partial charge on any atom is 0.259 e. The van der Waals surface area contributed by atoms with Gasteiger partial charge in [-0.1, -0.05) is 12.1 Å². The zero-order chi connectivity index (χ0) is 18.1. The summed E-state index contributed by atoms with van der Waals surface area (Å²) < 4.78 is 5.21. The van der Waals surface area contributed by atoms with Crippen molar-refractivity contribution in [2.75, 3.05) is 7.11 Å². The van der Waals surface area contributed by atoms with Crippen LogP contribution in [0.25, 0.3) is 0 Å². The summed E-state index contributed by atoms with van der Waals surface area (Å²) >= 11 is 0. The Bertz CT molecular complexity index is 717. The lowest BCUT2D eigenvalue weighted by molar-refractivity contribution is -0.204. The lowest BCUT2D eigenvalue weighted by Gasteiger charge is -2.63. The fourth-order valence-electron chi connectivity index (χ4n) is 6.43. The highest BCUT2D eigenvalue weighted by atomic mass is 16.5. The summed E-state index contributed by atoms with van der Waals surface area (Å²) in [7, 11) is 1.66. The van der Waals surface area contributed by atoms with Crippen LogP contribution in [0.1, 0.15) is 44.6 Å². The summed E-state index contributed by atoms with van der Waals surface area (Å²) in [6.45, 7) is 2.00. The predicted octanol–water partition coefficient (Wildman–Crippen LogP) is 2.28. The Morgan fingerprint density at radius 1 is 1.19 bits per heavy atom. The van der Waals surface area contributed by atoms with E-state index in [9.17, 15) is 9.90 Å². The molecule has 140 valence electrons. The molecule has 1 heterocycles. The summed E-state index contributed by atoms with van der Waals surface area (Å²) in [5.41, 5.74) is 3.65. The van der Waals surface area contributed by atoms with E-state index in [0.717, 1.165) is 30.6 Å². The van der Waals surface area contributed by atoms with Gasteiger partial charge in [-0.3, -0.25) is 9.80 Å². The second-order valence-electron chi connectivity index (χ2n) is 9.33. The van der Waals surface area contributed by atoms with Crippen LogP contribution in [0.15, 0.2) is 24.3 Å². The van der Waals surface area contributed by atoms with Crippen molar-refractivity contribution in [1.29, 1.82) is 0 Å². The van der Waals surface area contributed by atoms with Crippen LogP contribution in [-0.4, -0.2) is 40.3 Å². The SMILES string of the molecule is COc1ccc(CC2(C)NN(C3C4CC5CC3CC(O)(C5)C4)C2=O)cc1. The molecule has 5 nitrogen and oxygen atoms in total. The Kier molecular flexibility index (Phi) is 3.48. The van der Waals surface area contributed by atoms with E-state index in [4.69, 9.17) is 4.74 Å². The van der Waals surface area contributed by atoms with Crippen LogP contribution in [0.2, 0.25) is 0 Å². The topological polar surface area (TPSA) is 61.8 Å².